The highest BCUT2D eigenvalue weighted by Crippen LogP contribution is 2.20. The van der Waals surface area contributed by atoms with Gasteiger partial charge in [0.05, 0.1) is 24.2 Å². The van der Waals surface area contributed by atoms with Crippen LogP contribution < -0.4 is 4.72 Å². The first kappa shape index (κ1) is 15.4. The van der Waals surface area contributed by atoms with Crippen LogP contribution in [0.2, 0.25) is 0 Å². The minimum Gasteiger partial charge on any atom is -0.465 e. The summed E-state index contributed by atoms with van der Waals surface area (Å²) >= 11 is 0. The highest BCUT2D eigenvalue weighted by atomic mass is 32.2. The van der Waals surface area contributed by atoms with Crippen molar-refractivity contribution >= 4 is 22.0 Å². The molecule has 1 aromatic rings. The summed E-state index contributed by atoms with van der Waals surface area (Å²) < 4.78 is 49.0. The summed E-state index contributed by atoms with van der Waals surface area (Å²) in [4.78, 5) is 22.3. The first-order chi connectivity index (χ1) is 9.85. The number of hydrogen-bond donors (Lipinski definition) is 1. The average Bonchev–Trinajstić information content (AvgIpc) is 2.82. The Bertz CT molecular complexity index is 687. The van der Waals surface area contributed by atoms with E-state index in [-0.39, 0.29) is 18.6 Å². The van der Waals surface area contributed by atoms with Crippen molar-refractivity contribution in [2.75, 3.05) is 13.7 Å². The van der Waals surface area contributed by atoms with Crippen LogP contribution in [0.4, 0.5) is 4.39 Å². The molecule has 1 saturated heterocycles. The van der Waals surface area contributed by atoms with E-state index in [4.69, 9.17) is 0 Å². The molecule has 0 amide bonds. The second kappa shape index (κ2) is 5.78. The predicted octanol–water partition coefficient (Wildman–Crippen LogP) is 0.206. The average molecular weight is 317 g/mol. The lowest BCUT2D eigenvalue weighted by atomic mass is 10.2. The fourth-order valence-corrected chi connectivity index (χ4v) is 3.27. The van der Waals surface area contributed by atoms with Crippen molar-refractivity contribution in [1.82, 2.24) is 4.72 Å². The molecule has 2 rings (SSSR count). The molecule has 1 aliphatic heterocycles. The van der Waals surface area contributed by atoms with Crippen molar-refractivity contribution in [2.45, 2.75) is 17.4 Å². The Morgan fingerprint density at radius 2 is 2.19 bits per heavy atom. The van der Waals surface area contributed by atoms with Crippen molar-refractivity contribution in [2.24, 2.45) is 0 Å². The molecule has 0 bridgehead atoms. The van der Waals surface area contributed by atoms with E-state index in [0.29, 0.717) is 6.07 Å². The molecule has 21 heavy (non-hydrogen) atoms. The largest absolute Gasteiger partial charge is 0.465 e. The smallest absolute Gasteiger partial charge is 0.339 e. The maximum Gasteiger partial charge on any atom is 0.339 e. The van der Waals surface area contributed by atoms with Crippen molar-refractivity contribution in [3.63, 3.8) is 0 Å². The fourth-order valence-electron chi connectivity index (χ4n) is 1.85. The van der Waals surface area contributed by atoms with Gasteiger partial charge in [0.25, 0.3) is 0 Å². The van der Waals surface area contributed by atoms with Crippen LogP contribution in [0, 0.1) is 5.82 Å². The number of nitrogens with one attached hydrogen (secondary N) is 1. The molecule has 0 aromatic heterocycles. The molecule has 9 heteroatoms. The summed E-state index contributed by atoms with van der Waals surface area (Å²) in [5.74, 6) is -2.48. The molecule has 1 unspecified atom stereocenters. The molecular weight excluding hydrogens is 305 g/mol. The van der Waals surface area contributed by atoms with E-state index in [1.807, 2.05) is 0 Å². The van der Waals surface area contributed by atoms with Crippen molar-refractivity contribution in [1.29, 1.82) is 0 Å². The Balaban J connectivity index is 2.41. The Kier molecular flexibility index (Phi) is 4.24. The molecule has 1 fully saturated rings. The molecule has 0 aliphatic carbocycles. The third-order valence-corrected chi connectivity index (χ3v) is 4.38. The zero-order chi connectivity index (χ0) is 15.6. The van der Waals surface area contributed by atoms with Crippen molar-refractivity contribution in [3.8, 4) is 0 Å². The maximum atomic E-state index is 13.3. The number of sulfonamides is 1. The second-order valence-corrected chi connectivity index (χ2v) is 5.94. The summed E-state index contributed by atoms with van der Waals surface area (Å²) in [5, 5.41) is 0. The Hall–Kier alpha value is -2.00. The van der Waals surface area contributed by atoms with Crippen LogP contribution in [-0.4, -0.2) is 40.1 Å². The molecule has 1 aromatic carbocycles. The standard InChI is InChI=1S/C12H12FNO6S/c1-19-11(15)8-3-2-7(13)6-10(8)21(17,18)14-9-4-5-20-12(9)16/h2-3,6,9,14H,4-5H2,1H3. The van der Waals surface area contributed by atoms with Crippen LogP contribution in [0.3, 0.4) is 0 Å². The van der Waals surface area contributed by atoms with E-state index in [0.717, 1.165) is 19.2 Å². The number of halogens is 1. The van der Waals surface area contributed by atoms with Gasteiger partial charge in [-0.25, -0.2) is 17.6 Å². The van der Waals surface area contributed by atoms with Crippen LogP contribution in [-0.2, 0) is 24.3 Å². The molecule has 114 valence electrons. The lowest BCUT2D eigenvalue weighted by Crippen LogP contribution is -2.38. The van der Waals surface area contributed by atoms with Crippen LogP contribution in [0.25, 0.3) is 0 Å². The molecule has 0 spiro atoms. The third kappa shape index (κ3) is 3.19. The quantitative estimate of drug-likeness (QED) is 0.797. The lowest BCUT2D eigenvalue weighted by Gasteiger charge is -2.12. The SMILES string of the molecule is COC(=O)c1ccc(F)cc1S(=O)(=O)NC1CCOC1=O. The lowest BCUT2D eigenvalue weighted by molar-refractivity contribution is -0.139. The Morgan fingerprint density at radius 1 is 1.48 bits per heavy atom. The molecule has 0 radical (unpaired) electrons. The predicted molar refractivity (Wildman–Crippen MR) is 67.4 cm³/mol. The second-order valence-electron chi connectivity index (χ2n) is 4.26. The van der Waals surface area contributed by atoms with Gasteiger partial charge in [-0.05, 0) is 18.2 Å². The molecular formula is C12H12FNO6S. The highest BCUT2D eigenvalue weighted by molar-refractivity contribution is 7.89. The van der Waals surface area contributed by atoms with Gasteiger partial charge in [-0.3, -0.25) is 4.79 Å². The van der Waals surface area contributed by atoms with Gasteiger partial charge in [0.2, 0.25) is 10.0 Å². The van der Waals surface area contributed by atoms with Crippen LogP contribution >= 0.6 is 0 Å². The van der Waals surface area contributed by atoms with Crippen molar-refractivity contribution in [3.05, 3.63) is 29.6 Å². The summed E-state index contributed by atoms with van der Waals surface area (Å²) in [7, 11) is -3.20. The van der Waals surface area contributed by atoms with E-state index in [1.165, 1.54) is 0 Å². The number of ether oxygens (including phenoxy) is 2. The molecule has 1 N–H and O–H groups in total. The van der Waals surface area contributed by atoms with E-state index < -0.39 is 38.7 Å². The zero-order valence-corrected chi connectivity index (χ0v) is 11.8. The summed E-state index contributed by atoms with van der Waals surface area (Å²) in [6.45, 7) is 0.0963. The van der Waals surface area contributed by atoms with Gasteiger partial charge >= 0.3 is 11.9 Å². The zero-order valence-electron chi connectivity index (χ0n) is 11.0. The summed E-state index contributed by atoms with van der Waals surface area (Å²) in [6.07, 6.45) is 0.168. The monoisotopic (exact) mass is 317 g/mol. The normalized spacial score (nSPS) is 18.4. The number of benzene rings is 1. The first-order valence-corrected chi connectivity index (χ1v) is 7.40. The van der Waals surface area contributed by atoms with Gasteiger partial charge in [0.1, 0.15) is 11.9 Å². The van der Waals surface area contributed by atoms with Gasteiger partial charge in [0, 0.05) is 6.42 Å². The molecule has 1 heterocycles. The number of cyclic esters (lactones) is 1. The van der Waals surface area contributed by atoms with Crippen LogP contribution in [0.15, 0.2) is 23.1 Å². The van der Waals surface area contributed by atoms with E-state index >= 15 is 0 Å². The van der Waals surface area contributed by atoms with Gasteiger partial charge < -0.3 is 9.47 Å². The fraction of sp³-hybridized carbons (Fsp3) is 0.333. The minimum atomic E-state index is -4.28. The van der Waals surface area contributed by atoms with Crippen LogP contribution in [0.1, 0.15) is 16.8 Å². The van der Waals surface area contributed by atoms with Gasteiger partial charge in [-0.15, -0.1) is 0 Å². The number of carbonyl (C=O) groups is 2. The molecule has 1 aliphatic rings. The number of rotatable bonds is 4. The molecule has 7 nitrogen and oxygen atoms in total. The summed E-state index contributed by atoms with van der Waals surface area (Å²) in [5.41, 5.74) is -0.322. The third-order valence-electron chi connectivity index (χ3n) is 2.87. The first-order valence-electron chi connectivity index (χ1n) is 5.92. The Labute approximate surface area is 120 Å². The van der Waals surface area contributed by atoms with E-state index in [9.17, 15) is 22.4 Å². The van der Waals surface area contributed by atoms with Gasteiger partial charge in [0.15, 0.2) is 0 Å². The summed E-state index contributed by atoms with van der Waals surface area (Å²) in [6, 6.07) is 1.58. The van der Waals surface area contributed by atoms with Crippen LogP contribution in [0.5, 0.6) is 0 Å². The number of hydrogen-bond acceptors (Lipinski definition) is 6. The Morgan fingerprint density at radius 3 is 2.76 bits per heavy atom. The van der Waals surface area contributed by atoms with Gasteiger partial charge in [-0.2, -0.15) is 4.72 Å². The number of carbonyl (C=O) groups excluding carboxylic acids is 2. The van der Waals surface area contributed by atoms with Gasteiger partial charge in [-0.1, -0.05) is 0 Å². The number of esters is 2. The highest BCUT2D eigenvalue weighted by Gasteiger charge is 2.33. The number of methoxy groups -OCH3 is 1. The van der Waals surface area contributed by atoms with E-state index in [2.05, 4.69) is 14.2 Å². The van der Waals surface area contributed by atoms with E-state index in [1.54, 1.807) is 0 Å². The molecule has 1 atom stereocenters. The van der Waals surface area contributed by atoms with Crippen molar-refractivity contribution < 1.29 is 31.9 Å². The maximum absolute atomic E-state index is 13.3. The minimum absolute atomic E-state index is 0.0963. The molecule has 0 saturated carbocycles. The topological polar surface area (TPSA) is 98.8 Å².